The molecule has 0 aromatic heterocycles. The average Bonchev–Trinajstić information content (AvgIpc) is 2.46. The van der Waals surface area contributed by atoms with Gasteiger partial charge in [-0.2, -0.15) is 0 Å². The Kier molecular flexibility index (Phi) is 3.00. The number of amides is 1. The van der Waals surface area contributed by atoms with Gasteiger partial charge in [0.1, 0.15) is 11.9 Å². The van der Waals surface area contributed by atoms with Crippen molar-refractivity contribution in [2.45, 2.75) is 11.0 Å². The molecule has 0 saturated heterocycles. The van der Waals surface area contributed by atoms with Crippen LogP contribution in [0.5, 0.6) is 0 Å². The molecule has 0 radical (unpaired) electrons. The van der Waals surface area contributed by atoms with Crippen molar-refractivity contribution in [2.75, 3.05) is 5.32 Å². The molecule has 20 heavy (non-hydrogen) atoms. The number of carbonyl (C=O) groups is 1. The Morgan fingerprint density at radius 1 is 1.15 bits per heavy atom. The second-order valence-corrected chi connectivity index (χ2v) is 5.26. The number of hydrogen-bond acceptors (Lipinski definition) is 2. The second-order valence-electron chi connectivity index (χ2n) is 4.66. The number of aliphatic hydroxyl groups excluding tert-OH is 1. The molecule has 2 aromatic carbocycles. The van der Waals surface area contributed by atoms with E-state index in [1.807, 2.05) is 0 Å². The van der Waals surface area contributed by atoms with Gasteiger partial charge in [-0.25, -0.2) is 4.39 Å². The molecule has 102 valence electrons. The van der Waals surface area contributed by atoms with Gasteiger partial charge in [0.25, 0.3) is 5.91 Å². The molecule has 1 amide bonds. The highest BCUT2D eigenvalue weighted by Crippen LogP contribution is 2.47. The van der Waals surface area contributed by atoms with Crippen molar-refractivity contribution < 1.29 is 14.3 Å². The maximum absolute atomic E-state index is 13.0. The number of alkyl halides is 1. The third-order valence-electron chi connectivity index (χ3n) is 3.48. The zero-order valence-electron chi connectivity index (χ0n) is 10.3. The predicted molar refractivity (Wildman–Crippen MR) is 74.0 cm³/mol. The fourth-order valence-electron chi connectivity index (χ4n) is 2.38. The van der Waals surface area contributed by atoms with Gasteiger partial charge in [-0.05, 0) is 23.8 Å². The monoisotopic (exact) mass is 291 g/mol. The van der Waals surface area contributed by atoms with Crippen molar-refractivity contribution in [3.8, 4) is 0 Å². The summed E-state index contributed by atoms with van der Waals surface area (Å²) in [7, 11) is 0. The van der Waals surface area contributed by atoms with Gasteiger partial charge in [0.15, 0.2) is 4.87 Å². The van der Waals surface area contributed by atoms with Crippen LogP contribution in [-0.4, -0.2) is 11.0 Å². The van der Waals surface area contributed by atoms with Gasteiger partial charge in [0, 0.05) is 11.3 Å². The second kappa shape index (κ2) is 4.58. The van der Waals surface area contributed by atoms with Crippen LogP contribution in [0.2, 0.25) is 0 Å². The van der Waals surface area contributed by atoms with E-state index in [0.29, 0.717) is 16.8 Å². The number of benzene rings is 2. The number of rotatable bonds is 1. The van der Waals surface area contributed by atoms with Gasteiger partial charge in [-0.1, -0.05) is 30.3 Å². The molecule has 0 spiro atoms. The Hall–Kier alpha value is -1.91. The van der Waals surface area contributed by atoms with Crippen LogP contribution >= 0.6 is 11.6 Å². The van der Waals surface area contributed by atoms with Crippen LogP contribution in [0.4, 0.5) is 10.1 Å². The molecular formula is C15H11ClFNO2. The molecule has 2 aromatic rings. The molecular weight excluding hydrogens is 281 g/mol. The third kappa shape index (κ3) is 1.80. The quantitative estimate of drug-likeness (QED) is 0.794. The Morgan fingerprint density at radius 2 is 1.80 bits per heavy atom. The maximum atomic E-state index is 13.0. The lowest BCUT2D eigenvalue weighted by Gasteiger charge is -2.36. The van der Waals surface area contributed by atoms with Crippen molar-refractivity contribution >= 4 is 23.2 Å². The smallest absolute Gasteiger partial charge is 0.253 e. The molecule has 1 heterocycles. The number of carbonyl (C=O) groups excluding carboxylic acids is 1. The SMILES string of the molecule is O=C1Nc2ccccc2C(O)C1(Cl)c1ccc(F)cc1. The molecule has 2 atom stereocenters. The Labute approximate surface area is 120 Å². The van der Waals surface area contributed by atoms with E-state index in [0.717, 1.165) is 0 Å². The Morgan fingerprint density at radius 3 is 2.50 bits per heavy atom. The normalized spacial score (nSPS) is 24.9. The van der Waals surface area contributed by atoms with Crippen molar-refractivity contribution in [3.63, 3.8) is 0 Å². The van der Waals surface area contributed by atoms with E-state index in [1.54, 1.807) is 24.3 Å². The van der Waals surface area contributed by atoms with Crippen molar-refractivity contribution in [3.05, 3.63) is 65.5 Å². The lowest BCUT2D eigenvalue weighted by molar-refractivity contribution is -0.122. The van der Waals surface area contributed by atoms with E-state index in [-0.39, 0.29) is 0 Å². The molecule has 1 aliphatic rings. The van der Waals surface area contributed by atoms with Crippen LogP contribution in [-0.2, 0) is 9.67 Å². The van der Waals surface area contributed by atoms with Gasteiger partial charge >= 0.3 is 0 Å². The lowest BCUT2D eigenvalue weighted by atomic mass is 9.84. The molecule has 0 fully saturated rings. The molecule has 1 aliphatic heterocycles. The highest BCUT2D eigenvalue weighted by Gasteiger charge is 2.49. The standard InChI is InChI=1S/C15H11ClFNO2/c16-15(9-5-7-10(17)8-6-9)13(19)11-3-1-2-4-12(11)18-14(15)20/h1-8,13,19H,(H,18,20). The number of halogens is 2. The van der Waals surface area contributed by atoms with E-state index >= 15 is 0 Å². The van der Waals surface area contributed by atoms with Crippen LogP contribution in [0.3, 0.4) is 0 Å². The predicted octanol–water partition coefficient (Wildman–Crippen LogP) is 2.95. The summed E-state index contributed by atoms with van der Waals surface area (Å²) in [5, 5.41) is 13.2. The molecule has 2 N–H and O–H groups in total. The number of aliphatic hydroxyl groups is 1. The summed E-state index contributed by atoms with van der Waals surface area (Å²) >= 11 is 6.40. The first-order valence-electron chi connectivity index (χ1n) is 6.07. The molecule has 3 nitrogen and oxygen atoms in total. The molecule has 0 bridgehead atoms. The van der Waals surface area contributed by atoms with Crippen LogP contribution in [0, 0.1) is 5.82 Å². The van der Waals surface area contributed by atoms with Gasteiger partial charge in [0.05, 0.1) is 0 Å². The summed E-state index contributed by atoms with van der Waals surface area (Å²) in [6.45, 7) is 0. The minimum atomic E-state index is -1.66. The van der Waals surface area contributed by atoms with E-state index in [9.17, 15) is 14.3 Å². The average molecular weight is 292 g/mol. The van der Waals surface area contributed by atoms with E-state index < -0.39 is 22.7 Å². The summed E-state index contributed by atoms with van der Waals surface area (Å²) < 4.78 is 13.0. The summed E-state index contributed by atoms with van der Waals surface area (Å²) in [5.74, 6) is -0.961. The van der Waals surface area contributed by atoms with E-state index in [1.165, 1.54) is 24.3 Å². The third-order valence-corrected chi connectivity index (χ3v) is 4.07. The number of anilines is 1. The first-order valence-corrected chi connectivity index (χ1v) is 6.44. The molecule has 3 rings (SSSR count). The highest BCUT2D eigenvalue weighted by atomic mass is 35.5. The van der Waals surface area contributed by atoms with Gasteiger partial charge in [-0.15, -0.1) is 11.6 Å². The minimum Gasteiger partial charge on any atom is -0.386 e. The highest BCUT2D eigenvalue weighted by molar-refractivity contribution is 6.37. The summed E-state index contributed by atoms with van der Waals surface area (Å²) in [5.41, 5.74) is 1.41. The summed E-state index contributed by atoms with van der Waals surface area (Å²) in [6, 6.07) is 12.1. The largest absolute Gasteiger partial charge is 0.386 e. The maximum Gasteiger partial charge on any atom is 0.253 e. The van der Waals surface area contributed by atoms with Crippen LogP contribution < -0.4 is 5.32 Å². The molecule has 0 aliphatic carbocycles. The summed E-state index contributed by atoms with van der Waals surface area (Å²) in [4.78, 5) is 10.6. The fourth-order valence-corrected chi connectivity index (χ4v) is 2.67. The van der Waals surface area contributed by atoms with Gasteiger partial charge in [0.2, 0.25) is 0 Å². The number of hydrogen-bond donors (Lipinski definition) is 2. The fraction of sp³-hybridized carbons (Fsp3) is 0.133. The topological polar surface area (TPSA) is 49.3 Å². The Bertz CT molecular complexity index is 674. The first kappa shape index (κ1) is 13.1. The van der Waals surface area contributed by atoms with Crippen LogP contribution in [0.1, 0.15) is 17.2 Å². The van der Waals surface area contributed by atoms with Crippen molar-refractivity contribution in [1.29, 1.82) is 0 Å². The molecule has 5 heteroatoms. The van der Waals surface area contributed by atoms with Crippen LogP contribution in [0.15, 0.2) is 48.5 Å². The molecule has 2 unspecified atom stereocenters. The number of fused-ring (bicyclic) bond motifs is 1. The lowest BCUT2D eigenvalue weighted by Crippen LogP contribution is -2.44. The molecule has 0 saturated carbocycles. The van der Waals surface area contributed by atoms with E-state index in [4.69, 9.17) is 11.6 Å². The van der Waals surface area contributed by atoms with Crippen LogP contribution in [0.25, 0.3) is 0 Å². The van der Waals surface area contributed by atoms with E-state index in [2.05, 4.69) is 5.32 Å². The number of para-hydroxylation sites is 1. The van der Waals surface area contributed by atoms with Gasteiger partial charge in [-0.3, -0.25) is 4.79 Å². The zero-order chi connectivity index (χ0) is 14.3. The minimum absolute atomic E-state index is 0.347. The zero-order valence-corrected chi connectivity index (χ0v) is 11.1. The van der Waals surface area contributed by atoms with Crippen molar-refractivity contribution in [2.24, 2.45) is 0 Å². The van der Waals surface area contributed by atoms with Gasteiger partial charge < -0.3 is 10.4 Å². The number of nitrogens with one attached hydrogen (secondary N) is 1. The summed E-state index contributed by atoms with van der Waals surface area (Å²) in [6.07, 6.45) is -1.21. The Balaban J connectivity index is 2.14. The first-order chi connectivity index (χ1) is 9.53. The van der Waals surface area contributed by atoms with Crippen molar-refractivity contribution in [1.82, 2.24) is 0 Å².